The quantitative estimate of drug-likeness (QED) is 0.716. The van der Waals surface area contributed by atoms with E-state index in [0.29, 0.717) is 29.7 Å². The van der Waals surface area contributed by atoms with Crippen molar-refractivity contribution in [3.05, 3.63) is 35.1 Å². The van der Waals surface area contributed by atoms with Crippen LogP contribution < -0.4 is 0 Å². The van der Waals surface area contributed by atoms with Crippen LogP contribution >= 0.6 is 11.6 Å². The third-order valence-corrected chi connectivity index (χ3v) is 2.96. The summed E-state index contributed by atoms with van der Waals surface area (Å²) in [5.41, 5.74) is 0.786. The second kappa shape index (κ2) is 6.02. The third kappa shape index (κ3) is 3.09. The van der Waals surface area contributed by atoms with Crippen LogP contribution in [0.25, 0.3) is 23.2 Å². The number of rotatable bonds is 5. The van der Waals surface area contributed by atoms with Crippen molar-refractivity contribution >= 4 is 11.6 Å². The van der Waals surface area contributed by atoms with E-state index in [1.165, 1.54) is 0 Å². The first-order chi connectivity index (χ1) is 10.3. The number of aromatic nitrogens is 4. The van der Waals surface area contributed by atoms with Gasteiger partial charge in [0, 0.05) is 24.1 Å². The van der Waals surface area contributed by atoms with Crippen molar-refractivity contribution in [3.8, 4) is 23.2 Å². The lowest BCUT2D eigenvalue weighted by atomic mass is 10.2. The van der Waals surface area contributed by atoms with Gasteiger partial charge in [0.05, 0.1) is 6.61 Å². The van der Waals surface area contributed by atoms with Crippen LogP contribution in [0.3, 0.4) is 0 Å². The van der Waals surface area contributed by atoms with Gasteiger partial charge in [0.1, 0.15) is 0 Å². The Bertz CT molecular complexity index is 723. The van der Waals surface area contributed by atoms with Crippen molar-refractivity contribution in [2.24, 2.45) is 0 Å². The summed E-state index contributed by atoms with van der Waals surface area (Å²) >= 11 is 5.84. The Hall–Kier alpha value is -2.25. The summed E-state index contributed by atoms with van der Waals surface area (Å²) in [7, 11) is 1.61. The maximum atomic E-state index is 5.84. The van der Waals surface area contributed by atoms with Crippen molar-refractivity contribution < 1.29 is 13.8 Å². The van der Waals surface area contributed by atoms with Crippen molar-refractivity contribution in [1.29, 1.82) is 0 Å². The fourth-order valence-electron chi connectivity index (χ4n) is 1.66. The van der Waals surface area contributed by atoms with Crippen LogP contribution in [0, 0.1) is 0 Å². The molecule has 3 rings (SSSR count). The van der Waals surface area contributed by atoms with Crippen molar-refractivity contribution in [2.75, 3.05) is 13.7 Å². The second-order valence-electron chi connectivity index (χ2n) is 4.19. The molecule has 0 spiro atoms. The molecule has 0 bridgehead atoms. The number of nitrogens with zero attached hydrogens (tertiary/aromatic N) is 4. The fourth-order valence-corrected chi connectivity index (χ4v) is 1.79. The molecule has 0 fully saturated rings. The second-order valence-corrected chi connectivity index (χ2v) is 4.63. The molecule has 8 heteroatoms. The highest BCUT2D eigenvalue weighted by molar-refractivity contribution is 6.30. The van der Waals surface area contributed by atoms with E-state index in [2.05, 4.69) is 20.3 Å². The molecule has 0 N–H and O–H groups in total. The van der Waals surface area contributed by atoms with Gasteiger partial charge in [-0.2, -0.15) is 9.97 Å². The topological polar surface area (TPSA) is 87.1 Å². The SMILES string of the molecule is COCCc1noc(-c2nc(-c3ccc(Cl)cc3)no2)n1. The molecule has 7 nitrogen and oxygen atoms in total. The molecule has 0 saturated carbocycles. The van der Waals surface area contributed by atoms with E-state index in [-0.39, 0.29) is 11.8 Å². The molecule has 0 radical (unpaired) electrons. The maximum absolute atomic E-state index is 5.84. The average molecular weight is 307 g/mol. The molecule has 2 aromatic heterocycles. The van der Waals surface area contributed by atoms with Gasteiger partial charge in [0.25, 0.3) is 0 Å². The van der Waals surface area contributed by atoms with Gasteiger partial charge in [0.2, 0.25) is 5.82 Å². The fraction of sp³-hybridized carbons (Fsp3) is 0.231. The molecular weight excluding hydrogens is 296 g/mol. The lowest BCUT2D eigenvalue weighted by molar-refractivity contribution is 0.199. The van der Waals surface area contributed by atoms with E-state index in [1.807, 2.05) is 0 Å². The molecule has 1 aromatic carbocycles. The van der Waals surface area contributed by atoms with Crippen molar-refractivity contribution in [3.63, 3.8) is 0 Å². The third-order valence-electron chi connectivity index (χ3n) is 2.71. The Balaban J connectivity index is 1.81. The van der Waals surface area contributed by atoms with E-state index in [9.17, 15) is 0 Å². The first-order valence-corrected chi connectivity index (χ1v) is 6.55. The van der Waals surface area contributed by atoms with Gasteiger partial charge in [-0.3, -0.25) is 0 Å². The Labute approximate surface area is 124 Å². The predicted octanol–water partition coefficient (Wildman–Crippen LogP) is 2.63. The Morgan fingerprint density at radius 2 is 1.76 bits per heavy atom. The van der Waals surface area contributed by atoms with Crippen LogP contribution in [0.15, 0.2) is 33.3 Å². The molecule has 2 heterocycles. The highest BCUT2D eigenvalue weighted by Crippen LogP contribution is 2.22. The summed E-state index contributed by atoms with van der Waals surface area (Å²) in [6, 6.07) is 7.11. The van der Waals surface area contributed by atoms with Crippen molar-refractivity contribution in [2.45, 2.75) is 6.42 Å². The van der Waals surface area contributed by atoms with Crippen LogP contribution in [-0.2, 0) is 11.2 Å². The van der Waals surface area contributed by atoms with E-state index in [4.69, 9.17) is 25.4 Å². The standard InChI is InChI=1S/C13H11ClN4O3/c1-19-7-6-10-15-12(20-17-10)13-16-11(18-21-13)8-2-4-9(14)5-3-8/h2-5H,6-7H2,1H3. The maximum Gasteiger partial charge on any atom is 0.316 e. The molecule has 0 amide bonds. The minimum Gasteiger partial charge on any atom is -0.384 e. The van der Waals surface area contributed by atoms with Gasteiger partial charge in [-0.25, -0.2) is 0 Å². The minimum atomic E-state index is 0.177. The molecule has 0 atom stereocenters. The summed E-state index contributed by atoms with van der Waals surface area (Å²) in [6.45, 7) is 0.513. The molecular formula is C13H11ClN4O3. The van der Waals surface area contributed by atoms with Crippen LogP contribution in [0.1, 0.15) is 5.82 Å². The summed E-state index contributed by atoms with van der Waals surface area (Å²) in [5.74, 6) is 1.32. The lowest BCUT2D eigenvalue weighted by Gasteiger charge is -1.92. The summed E-state index contributed by atoms with van der Waals surface area (Å²) in [4.78, 5) is 8.39. The van der Waals surface area contributed by atoms with Gasteiger partial charge in [-0.1, -0.05) is 21.9 Å². The van der Waals surface area contributed by atoms with E-state index < -0.39 is 0 Å². The zero-order chi connectivity index (χ0) is 14.7. The normalized spacial score (nSPS) is 11.0. The number of hydrogen-bond acceptors (Lipinski definition) is 7. The highest BCUT2D eigenvalue weighted by atomic mass is 35.5. The van der Waals surface area contributed by atoms with Crippen LogP contribution in [-0.4, -0.2) is 34.0 Å². The molecule has 0 aliphatic rings. The van der Waals surface area contributed by atoms with Crippen LogP contribution in [0.4, 0.5) is 0 Å². The predicted molar refractivity (Wildman–Crippen MR) is 73.6 cm³/mol. The summed E-state index contributed by atoms with van der Waals surface area (Å²) < 4.78 is 15.2. The van der Waals surface area contributed by atoms with Gasteiger partial charge >= 0.3 is 11.8 Å². The van der Waals surface area contributed by atoms with Crippen LogP contribution in [0.2, 0.25) is 5.02 Å². The molecule has 108 valence electrons. The zero-order valence-corrected chi connectivity index (χ0v) is 11.9. The van der Waals surface area contributed by atoms with E-state index >= 15 is 0 Å². The molecule has 0 aliphatic heterocycles. The summed E-state index contributed by atoms with van der Waals surface area (Å²) in [5, 5.41) is 8.34. The largest absolute Gasteiger partial charge is 0.384 e. The first kappa shape index (κ1) is 13.7. The number of hydrogen-bond donors (Lipinski definition) is 0. The zero-order valence-electron chi connectivity index (χ0n) is 11.1. The minimum absolute atomic E-state index is 0.177. The first-order valence-electron chi connectivity index (χ1n) is 6.18. The van der Waals surface area contributed by atoms with Gasteiger partial charge in [-0.05, 0) is 24.3 Å². The van der Waals surface area contributed by atoms with E-state index in [0.717, 1.165) is 5.56 Å². The molecule has 0 aliphatic carbocycles. The molecule has 21 heavy (non-hydrogen) atoms. The van der Waals surface area contributed by atoms with E-state index in [1.54, 1.807) is 31.4 Å². The van der Waals surface area contributed by atoms with Gasteiger partial charge < -0.3 is 13.8 Å². The number of ether oxygens (including phenoxy) is 1. The van der Waals surface area contributed by atoms with Gasteiger partial charge in [-0.15, -0.1) is 0 Å². The van der Waals surface area contributed by atoms with Crippen molar-refractivity contribution in [1.82, 2.24) is 20.3 Å². The molecule has 0 saturated heterocycles. The van der Waals surface area contributed by atoms with Crippen LogP contribution in [0.5, 0.6) is 0 Å². The smallest absolute Gasteiger partial charge is 0.316 e. The molecule has 3 aromatic rings. The Morgan fingerprint density at radius 1 is 1.05 bits per heavy atom. The number of benzene rings is 1. The summed E-state index contributed by atoms with van der Waals surface area (Å²) in [6.07, 6.45) is 0.554. The monoisotopic (exact) mass is 306 g/mol. The van der Waals surface area contributed by atoms with Gasteiger partial charge in [0.15, 0.2) is 5.82 Å². The lowest BCUT2D eigenvalue weighted by Crippen LogP contribution is -1.96. The average Bonchev–Trinajstić information content (AvgIpc) is 3.15. The highest BCUT2D eigenvalue weighted by Gasteiger charge is 2.17. The molecule has 0 unspecified atom stereocenters. The number of methoxy groups -OCH3 is 1. The Kier molecular flexibility index (Phi) is 3.94. The Morgan fingerprint density at radius 3 is 2.52 bits per heavy atom. The number of halogens is 1.